The van der Waals surface area contributed by atoms with Crippen molar-refractivity contribution in [2.45, 2.75) is 91.4 Å². The van der Waals surface area contributed by atoms with Crippen LogP contribution in [-0.2, 0) is 9.59 Å². The van der Waals surface area contributed by atoms with E-state index in [4.69, 9.17) is 0 Å². The molecule has 0 atom stereocenters. The Kier molecular flexibility index (Phi) is 18.0. The Morgan fingerprint density at radius 3 is 1.74 bits per heavy atom. The quantitative estimate of drug-likeness (QED) is 0.359. The summed E-state index contributed by atoms with van der Waals surface area (Å²) < 4.78 is 0. The average molecular weight is 352 g/mol. The van der Waals surface area contributed by atoms with Crippen LogP contribution in [0.25, 0.3) is 0 Å². The topological polar surface area (TPSA) is 69.2 Å². The van der Waals surface area contributed by atoms with Crippen molar-refractivity contribution in [2.24, 2.45) is 5.41 Å². The molecule has 0 aromatic rings. The van der Waals surface area contributed by atoms with Crippen LogP contribution in [0.2, 0.25) is 0 Å². The molecule has 0 aliphatic heterocycles. The maximum atomic E-state index is 11.8. The van der Waals surface area contributed by atoms with Crippen molar-refractivity contribution in [1.29, 1.82) is 0 Å². The fraction of sp³-hybridized carbons (Fsp3) is 0.889. The SMILES string of the molecule is CCC(C)(C)C(=O)NCCCCCCCCCCCC(=O)[O-].[K+]. The number of carbonyl (C=O) groups is 2. The molecule has 0 aromatic carbocycles. The van der Waals surface area contributed by atoms with Gasteiger partial charge in [0.2, 0.25) is 5.91 Å². The third-order valence-corrected chi connectivity index (χ3v) is 4.34. The van der Waals surface area contributed by atoms with E-state index in [2.05, 4.69) is 5.32 Å². The van der Waals surface area contributed by atoms with E-state index in [-0.39, 0.29) is 69.1 Å². The molecule has 5 heteroatoms. The second-order valence-corrected chi connectivity index (χ2v) is 6.80. The molecule has 0 radical (unpaired) electrons. The van der Waals surface area contributed by atoms with Gasteiger partial charge in [0, 0.05) is 17.9 Å². The van der Waals surface area contributed by atoms with Gasteiger partial charge in [0.05, 0.1) is 0 Å². The molecule has 0 unspecified atom stereocenters. The summed E-state index contributed by atoms with van der Waals surface area (Å²) in [7, 11) is 0. The van der Waals surface area contributed by atoms with Crippen molar-refractivity contribution in [1.82, 2.24) is 5.32 Å². The number of rotatable bonds is 14. The minimum Gasteiger partial charge on any atom is -0.550 e. The molecule has 0 saturated heterocycles. The van der Waals surface area contributed by atoms with Crippen molar-refractivity contribution < 1.29 is 66.1 Å². The van der Waals surface area contributed by atoms with Gasteiger partial charge >= 0.3 is 51.4 Å². The summed E-state index contributed by atoms with van der Waals surface area (Å²) in [6, 6.07) is 0. The van der Waals surface area contributed by atoms with Crippen molar-refractivity contribution in [3.8, 4) is 0 Å². The first-order valence-corrected chi connectivity index (χ1v) is 8.88. The van der Waals surface area contributed by atoms with Crippen LogP contribution in [0.4, 0.5) is 0 Å². The predicted octanol–water partition coefficient (Wildman–Crippen LogP) is 0.194. The number of aliphatic carboxylic acids is 1. The van der Waals surface area contributed by atoms with E-state index >= 15 is 0 Å². The molecule has 23 heavy (non-hydrogen) atoms. The average Bonchev–Trinajstić information content (AvgIpc) is 2.47. The Morgan fingerprint density at radius 2 is 1.30 bits per heavy atom. The van der Waals surface area contributed by atoms with Crippen LogP contribution in [0.15, 0.2) is 0 Å². The van der Waals surface area contributed by atoms with Crippen LogP contribution < -0.4 is 61.8 Å². The standard InChI is InChI=1S/C18H35NO3.K/c1-4-18(2,3)17(22)19-15-13-11-9-7-5-6-8-10-12-14-16(20)21;/h4-15H2,1-3H3,(H,19,22)(H,20,21);/q;+1/p-1. The van der Waals surface area contributed by atoms with Gasteiger partial charge in [-0.15, -0.1) is 0 Å². The first-order valence-electron chi connectivity index (χ1n) is 8.88. The van der Waals surface area contributed by atoms with Crippen molar-refractivity contribution in [3.63, 3.8) is 0 Å². The van der Waals surface area contributed by atoms with Gasteiger partial charge in [-0.25, -0.2) is 0 Å². The summed E-state index contributed by atoms with van der Waals surface area (Å²) >= 11 is 0. The van der Waals surface area contributed by atoms with Gasteiger partial charge in [-0.1, -0.05) is 65.7 Å². The Balaban J connectivity index is 0. The van der Waals surface area contributed by atoms with Gasteiger partial charge in [-0.3, -0.25) is 4.79 Å². The molecule has 4 nitrogen and oxygen atoms in total. The maximum Gasteiger partial charge on any atom is 1.00 e. The molecule has 1 N–H and O–H groups in total. The molecule has 130 valence electrons. The summed E-state index contributed by atoms with van der Waals surface area (Å²) in [6.45, 7) is 6.79. The van der Waals surface area contributed by atoms with Crippen LogP contribution >= 0.6 is 0 Å². The molecule has 1 amide bonds. The predicted molar refractivity (Wildman–Crippen MR) is 88.3 cm³/mol. The first-order chi connectivity index (χ1) is 10.4. The molecule has 0 aromatic heterocycles. The van der Waals surface area contributed by atoms with Gasteiger partial charge in [0.25, 0.3) is 0 Å². The van der Waals surface area contributed by atoms with Crippen LogP contribution in [0.5, 0.6) is 0 Å². The molecule has 0 heterocycles. The second-order valence-electron chi connectivity index (χ2n) is 6.80. The molecule has 0 rings (SSSR count). The number of nitrogens with one attached hydrogen (secondary N) is 1. The van der Waals surface area contributed by atoms with E-state index in [9.17, 15) is 14.7 Å². The van der Waals surface area contributed by atoms with E-state index < -0.39 is 5.97 Å². The number of carboxylic acids is 1. The zero-order chi connectivity index (χ0) is 16.8. The number of hydrogen-bond donors (Lipinski definition) is 1. The zero-order valence-electron chi connectivity index (χ0n) is 15.7. The van der Waals surface area contributed by atoms with Gasteiger partial charge in [0.1, 0.15) is 0 Å². The van der Waals surface area contributed by atoms with Gasteiger partial charge < -0.3 is 15.2 Å². The van der Waals surface area contributed by atoms with Crippen LogP contribution in [-0.4, -0.2) is 18.4 Å². The molecule has 0 aliphatic carbocycles. The maximum absolute atomic E-state index is 11.8. The van der Waals surface area contributed by atoms with Crippen molar-refractivity contribution in [2.75, 3.05) is 6.54 Å². The molecule has 0 bridgehead atoms. The molecule has 0 fully saturated rings. The number of amides is 1. The van der Waals surface area contributed by atoms with E-state index in [1.807, 2.05) is 20.8 Å². The van der Waals surface area contributed by atoms with E-state index in [0.29, 0.717) is 0 Å². The van der Waals surface area contributed by atoms with Gasteiger partial charge in [-0.05, 0) is 25.7 Å². The first kappa shape index (κ1) is 25.8. The molecule has 0 aliphatic rings. The van der Waals surface area contributed by atoms with Crippen LogP contribution in [0.3, 0.4) is 0 Å². The third kappa shape index (κ3) is 15.8. The zero-order valence-corrected chi connectivity index (χ0v) is 18.8. The number of unbranched alkanes of at least 4 members (excludes halogenated alkanes) is 8. The van der Waals surface area contributed by atoms with Gasteiger partial charge in [-0.2, -0.15) is 0 Å². The second kappa shape index (κ2) is 16.1. The monoisotopic (exact) mass is 351 g/mol. The summed E-state index contributed by atoms with van der Waals surface area (Å²) in [6.07, 6.45) is 11.0. The largest absolute Gasteiger partial charge is 1.00 e. The van der Waals surface area contributed by atoms with E-state index in [1.165, 1.54) is 25.7 Å². The normalized spacial score (nSPS) is 10.9. The number of carboxylic acid groups (broad SMARTS) is 1. The smallest absolute Gasteiger partial charge is 0.550 e. The summed E-state index contributed by atoms with van der Waals surface area (Å²) in [4.78, 5) is 22.1. The van der Waals surface area contributed by atoms with Gasteiger partial charge in [0.15, 0.2) is 0 Å². The number of hydrogen-bond acceptors (Lipinski definition) is 3. The number of carbonyl (C=O) groups excluding carboxylic acids is 2. The third-order valence-electron chi connectivity index (χ3n) is 4.34. The van der Waals surface area contributed by atoms with E-state index in [0.717, 1.165) is 45.1 Å². The molecular formula is C18H34KNO3. The fourth-order valence-corrected chi connectivity index (χ4v) is 2.23. The Hall–Kier alpha value is 0.576. The summed E-state index contributed by atoms with van der Waals surface area (Å²) in [5, 5.41) is 13.3. The molecular weight excluding hydrogens is 317 g/mol. The Bertz CT molecular complexity index is 319. The summed E-state index contributed by atoms with van der Waals surface area (Å²) in [5.74, 6) is -0.777. The Labute approximate surface area is 185 Å². The minimum atomic E-state index is -0.936. The summed E-state index contributed by atoms with van der Waals surface area (Å²) in [5.41, 5.74) is -0.253. The van der Waals surface area contributed by atoms with Crippen molar-refractivity contribution >= 4 is 11.9 Å². The van der Waals surface area contributed by atoms with Crippen LogP contribution in [0.1, 0.15) is 91.4 Å². The van der Waals surface area contributed by atoms with Crippen molar-refractivity contribution in [3.05, 3.63) is 0 Å². The van der Waals surface area contributed by atoms with E-state index in [1.54, 1.807) is 0 Å². The Morgan fingerprint density at radius 1 is 0.870 bits per heavy atom. The van der Waals surface area contributed by atoms with Crippen LogP contribution in [0, 0.1) is 5.41 Å². The molecule has 0 saturated carbocycles. The minimum absolute atomic E-state index is 0. The molecule has 0 spiro atoms. The fourth-order valence-electron chi connectivity index (χ4n) is 2.23.